The molecule has 5 rings (SSSR count). The van der Waals surface area contributed by atoms with E-state index in [1.54, 1.807) is 12.1 Å². The van der Waals surface area contributed by atoms with Crippen LogP contribution in [-0.4, -0.2) is 19.8 Å². The van der Waals surface area contributed by atoms with E-state index in [2.05, 4.69) is 12.0 Å². The Balaban J connectivity index is 1.64. The Hall–Kier alpha value is -4.27. The minimum absolute atomic E-state index is 0.211. The zero-order valence-electron chi connectivity index (χ0n) is 18.4. The van der Waals surface area contributed by atoms with Gasteiger partial charge in [-0.05, 0) is 57.5 Å². The summed E-state index contributed by atoms with van der Waals surface area (Å²) < 4.78 is 26.4. The van der Waals surface area contributed by atoms with Crippen molar-refractivity contribution in [2.45, 2.75) is 0 Å². The molecule has 0 bridgehead atoms. The van der Waals surface area contributed by atoms with Crippen LogP contribution in [0.2, 0.25) is 0 Å². The molecule has 0 saturated carbocycles. The zero-order valence-corrected chi connectivity index (χ0v) is 19.3. The van der Waals surface area contributed by atoms with Gasteiger partial charge in [-0.25, -0.2) is 8.42 Å². The molecule has 0 aliphatic carbocycles. The van der Waals surface area contributed by atoms with Crippen molar-refractivity contribution < 1.29 is 13.5 Å². The highest BCUT2D eigenvalue weighted by Gasteiger charge is 2.16. The van der Waals surface area contributed by atoms with E-state index in [0.717, 1.165) is 43.2 Å². The van der Waals surface area contributed by atoms with Crippen molar-refractivity contribution in [2.75, 3.05) is 10.6 Å². The van der Waals surface area contributed by atoms with E-state index >= 15 is 0 Å². The molecule has 0 spiro atoms. The van der Waals surface area contributed by atoms with Crippen LogP contribution < -0.4 is 4.31 Å². The first-order valence-corrected chi connectivity index (χ1v) is 12.6. The topological polar surface area (TPSA) is 57.6 Å². The van der Waals surface area contributed by atoms with Crippen LogP contribution in [0.15, 0.2) is 103 Å². The average molecular weight is 464 g/mol. The third-order valence-electron chi connectivity index (χ3n) is 5.71. The third-order valence-corrected chi connectivity index (χ3v) is 6.68. The van der Waals surface area contributed by atoms with Crippen molar-refractivity contribution in [3.05, 3.63) is 109 Å². The molecule has 5 aromatic carbocycles. The average Bonchev–Trinajstić information content (AvgIpc) is 2.84. The van der Waals surface area contributed by atoms with Crippen LogP contribution in [0.3, 0.4) is 0 Å². The Labute approximate surface area is 198 Å². The molecule has 0 aliphatic rings. The number of fused-ring (bicyclic) bond motifs is 2. The third kappa shape index (κ3) is 4.07. The number of benzene rings is 5. The number of anilines is 1. The van der Waals surface area contributed by atoms with Crippen molar-refractivity contribution in [3.8, 4) is 28.8 Å². The number of nitrogens with zero attached hydrogens (tertiary/aromatic N) is 1. The first-order valence-electron chi connectivity index (χ1n) is 10.7. The largest absolute Gasteiger partial charge is 0.507 e. The van der Waals surface area contributed by atoms with E-state index in [4.69, 9.17) is 0 Å². The molecule has 0 radical (unpaired) electrons. The van der Waals surface area contributed by atoms with Crippen LogP contribution in [0.25, 0.3) is 32.7 Å². The summed E-state index contributed by atoms with van der Waals surface area (Å²) in [6, 6.07) is 34.9. The number of hydrogen-bond acceptors (Lipinski definition) is 3. The van der Waals surface area contributed by atoms with Gasteiger partial charge in [-0.15, -0.1) is 0 Å². The van der Waals surface area contributed by atoms with Gasteiger partial charge in [0, 0.05) is 17.0 Å². The first kappa shape index (κ1) is 21.6. The fourth-order valence-corrected chi connectivity index (χ4v) is 4.81. The lowest BCUT2D eigenvalue weighted by Crippen LogP contribution is -2.24. The molecule has 0 aromatic heterocycles. The molecule has 4 nitrogen and oxygen atoms in total. The number of phenolic OH excluding ortho intramolecular Hbond substituents is 1. The molecule has 166 valence electrons. The van der Waals surface area contributed by atoms with Crippen LogP contribution in [0.4, 0.5) is 5.69 Å². The van der Waals surface area contributed by atoms with Crippen molar-refractivity contribution in [1.29, 1.82) is 0 Å². The van der Waals surface area contributed by atoms with Gasteiger partial charge in [0.2, 0.25) is 10.0 Å². The summed E-state index contributed by atoms with van der Waals surface area (Å²) in [5.74, 6) is 3.29. The molecule has 34 heavy (non-hydrogen) atoms. The standard InChI is InChI=1S/C29H21NO3S/c1-34(32,33)30(24-15-14-21-8-2-3-10-23(21)20-24)19-18-22-9-4-5-11-25(22)27-16-17-29(31)28-13-7-6-12-26(27)28/h2-17,20,31H,1H3. The second kappa shape index (κ2) is 8.58. The maximum absolute atomic E-state index is 12.7. The highest BCUT2D eigenvalue weighted by molar-refractivity contribution is 7.92. The quantitative estimate of drug-likeness (QED) is 0.258. The fraction of sp³-hybridized carbons (Fsp3) is 0.0345. The van der Waals surface area contributed by atoms with Gasteiger partial charge in [0.25, 0.3) is 0 Å². The normalized spacial score (nSPS) is 11.2. The lowest BCUT2D eigenvalue weighted by atomic mass is 9.94. The lowest BCUT2D eigenvalue weighted by Gasteiger charge is -2.16. The molecule has 5 aromatic rings. The predicted molar refractivity (Wildman–Crippen MR) is 139 cm³/mol. The van der Waals surface area contributed by atoms with E-state index in [-0.39, 0.29) is 5.75 Å². The van der Waals surface area contributed by atoms with E-state index in [1.807, 2.05) is 91.0 Å². The van der Waals surface area contributed by atoms with Gasteiger partial charge in [0.15, 0.2) is 0 Å². The van der Waals surface area contributed by atoms with Gasteiger partial charge in [0.1, 0.15) is 5.75 Å². The van der Waals surface area contributed by atoms with E-state index in [0.29, 0.717) is 11.3 Å². The smallest absolute Gasteiger partial charge is 0.243 e. The Bertz CT molecular complexity index is 1710. The first-order chi connectivity index (χ1) is 16.4. The van der Waals surface area contributed by atoms with Gasteiger partial charge in [-0.1, -0.05) is 78.9 Å². The van der Waals surface area contributed by atoms with Gasteiger partial charge in [-0.2, -0.15) is 4.31 Å². The van der Waals surface area contributed by atoms with Crippen LogP contribution in [-0.2, 0) is 10.0 Å². The predicted octanol–water partition coefficient (Wildman–Crippen LogP) is 6.14. The second-order valence-corrected chi connectivity index (χ2v) is 9.85. The maximum atomic E-state index is 12.7. The summed E-state index contributed by atoms with van der Waals surface area (Å²) in [7, 11) is -3.65. The summed E-state index contributed by atoms with van der Waals surface area (Å²) in [4.78, 5) is 0. The van der Waals surface area contributed by atoms with E-state index in [9.17, 15) is 13.5 Å². The van der Waals surface area contributed by atoms with Crippen LogP contribution in [0.5, 0.6) is 5.75 Å². The molecule has 0 atom stereocenters. The number of aromatic hydroxyl groups is 1. The van der Waals surface area contributed by atoms with Crippen molar-refractivity contribution in [3.63, 3.8) is 0 Å². The molecule has 5 heteroatoms. The molecule has 0 unspecified atom stereocenters. The molecule has 0 aliphatic heterocycles. The van der Waals surface area contributed by atoms with Crippen LogP contribution in [0.1, 0.15) is 5.56 Å². The highest BCUT2D eigenvalue weighted by Crippen LogP contribution is 2.35. The second-order valence-electron chi connectivity index (χ2n) is 8.02. The lowest BCUT2D eigenvalue weighted by molar-refractivity contribution is 0.481. The number of hydrogen-bond donors (Lipinski definition) is 1. The van der Waals surface area contributed by atoms with E-state index < -0.39 is 10.0 Å². The van der Waals surface area contributed by atoms with Crippen molar-refractivity contribution >= 4 is 37.3 Å². The Kier molecular flexibility index (Phi) is 5.45. The van der Waals surface area contributed by atoms with Gasteiger partial charge in [0.05, 0.1) is 11.9 Å². The summed E-state index contributed by atoms with van der Waals surface area (Å²) >= 11 is 0. The molecule has 0 saturated heterocycles. The molecule has 0 amide bonds. The van der Waals surface area contributed by atoms with Crippen LogP contribution in [0, 0.1) is 12.0 Å². The molecule has 1 N–H and O–H groups in total. The van der Waals surface area contributed by atoms with Crippen molar-refractivity contribution in [2.24, 2.45) is 0 Å². The molecular weight excluding hydrogens is 442 g/mol. The Morgan fingerprint density at radius 3 is 2.18 bits per heavy atom. The summed E-state index contributed by atoms with van der Waals surface area (Å²) in [5, 5.41) is 13.9. The highest BCUT2D eigenvalue weighted by atomic mass is 32.2. The molecular formula is C29H21NO3S. The van der Waals surface area contributed by atoms with Gasteiger partial charge < -0.3 is 5.11 Å². The number of phenols is 1. The number of rotatable bonds is 3. The SMILES string of the molecule is CS(=O)(=O)N(C#Cc1ccccc1-c1ccc(O)c2ccccc12)c1ccc2ccccc2c1. The summed E-state index contributed by atoms with van der Waals surface area (Å²) in [6.07, 6.45) is 1.15. The minimum atomic E-state index is -3.65. The Morgan fingerprint density at radius 1 is 0.706 bits per heavy atom. The number of sulfonamides is 1. The van der Waals surface area contributed by atoms with Gasteiger partial charge >= 0.3 is 0 Å². The molecule has 0 fully saturated rings. The maximum Gasteiger partial charge on any atom is 0.243 e. The van der Waals surface area contributed by atoms with Crippen LogP contribution >= 0.6 is 0 Å². The van der Waals surface area contributed by atoms with Gasteiger partial charge in [-0.3, -0.25) is 0 Å². The summed E-state index contributed by atoms with van der Waals surface area (Å²) in [5.41, 5.74) is 2.95. The minimum Gasteiger partial charge on any atom is -0.507 e. The summed E-state index contributed by atoms with van der Waals surface area (Å²) in [6.45, 7) is 0. The Morgan fingerprint density at radius 2 is 1.38 bits per heavy atom. The molecule has 0 heterocycles. The zero-order chi connectivity index (χ0) is 23.7. The van der Waals surface area contributed by atoms with E-state index in [1.165, 1.54) is 0 Å². The fourth-order valence-electron chi connectivity index (χ4n) is 4.10. The monoisotopic (exact) mass is 463 g/mol. The van der Waals surface area contributed by atoms with Crippen molar-refractivity contribution in [1.82, 2.24) is 0 Å².